The predicted octanol–water partition coefficient (Wildman–Crippen LogP) is 5.51. The van der Waals surface area contributed by atoms with Gasteiger partial charge in [0.15, 0.2) is 0 Å². The fourth-order valence-corrected chi connectivity index (χ4v) is 4.08. The lowest BCUT2D eigenvalue weighted by Gasteiger charge is -2.31. The molecule has 1 atom stereocenters. The van der Waals surface area contributed by atoms with Gasteiger partial charge in [-0.25, -0.2) is 0 Å². The summed E-state index contributed by atoms with van der Waals surface area (Å²) in [5.74, 6) is 0.767. The van der Waals surface area contributed by atoms with Crippen LogP contribution < -0.4 is 4.74 Å². The molecule has 0 amide bonds. The summed E-state index contributed by atoms with van der Waals surface area (Å²) in [5, 5.41) is 0. The van der Waals surface area contributed by atoms with Gasteiger partial charge in [-0.2, -0.15) is 13.2 Å². The summed E-state index contributed by atoms with van der Waals surface area (Å²) in [6.07, 6.45) is -1.34. The third-order valence-electron chi connectivity index (χ3n) is 5.40. The van der Waals surface area contributed by atoms with E-state index in [0.29, 0.717) is 12.1 Å². The molecule has 0 unspecified atom stereocenters. The molecule has 2 heterocycles. The largest absolute Gasteiger partial charge is 0.497 e. The first-order valence-corrected chi connectivity index (χ1v) is 9.65. The number of benzene rings is 2. The Labute approximate surface area is 168 Å². The number of alkyl halides is 3. The highest BCUT2D eigenvalue weighted by Gasteiger charge is 2.31. The molecule has 0 spiro atoms. The van der Waals surface area contributed by atoms with Crippen molar-refractivity contribution in [3.8, 4) is 5.75 Å². The summed E-state index contributed by atoms with van der Waals surface area (Å²) in [7, 11) is 1.63. The molecule has 1 aliphatic heterocycles. The summed E-state index contributed by atoms with van der Waals surface area (Å²) in [5.41, 5.74) is 2.26. The zero-order valence-electron chi connectivity index (χ0n) is 16.2. The summed E-state index contributed by atoms with van der Waals surface area (Å²) >= 11 is 0. The zero-order chi connectivity index (χ0) is 20.4. The van der Waals surface area contributed by atoms with Crippen molar-refractivity contribution in [1.29, 1.82) is 0 Å². The highest BCUT2D eigenvalue weighted by atomic mass is 19.4. The average molecular weight is 400 g/mol. The fourth-order valence-electron chi connectivity index (χ4n) is 4.08. The molecule has 2 aromatic carbocycles. The van der Waals surface area contributed by atoms with Crippen LogP contribution in [0.25, 0.3) is 0 Å². The Morgan fingerprint density at radius 2 is 1.83 bits per heavy atom. The highest BCUT2D eigenvalue weighted by Crippen LogP contribution is 2.35. The van der Waals surface area contributed by atoms with Gasteiger partial charge in [0, 0.05) is 31.5 Å². The highest BCUT2D eigenvalue weighted by molar-refractivity contribution is 5.36. The van der Waals surface area contributed by atoms with Gasteiger partial charge in [-0.05, 0) is 47.9 Å². The Bertz CT molecular complexity index is 980. The van der Waals surface area contributed by atoms with Crippen molar-refractivity contribution in [2.75, 3.05) is 13.7 Å². The molecule has 0 N–H and O–H groups in total. The minimum atomic E-state index is -4.34. The Kier molecular flexibility index (Phi) is 5.37. The summed E-state index contributed by atoms with van der Waals surface area (Å²) in [6.45, 7) is 2.12. The van der Waals surface area contributed by atoms with E-state index in [9.17, 15) is 13.2 Å². The molecule has 0 bridgehead atoms. The van der Waals surface area contributed by atoms with Gasteiger partial charge in [0.25, 0.3) is 0 Å². The van der Waals surface area contributed by atoms with Crippen molar-refractivity contribution >= 4 is 0 Å². The molecule has 6 heteroatoms. The van der Waals surface area contributed by atoms with Gasteiger partial charge >= 0.3 is 6.18 Å². The molecule has 1 aliphatic rings. The molecular formula is C23H23F3N2O. The number of hydrogen-bond acceptors (Lipinski definition) is 2. The van der Waals surface area contributed by atoms with Crippen LogP contribution in [-0.4, -0.2) is 23.1 Å². The van der Waals surface area contributed by atoms with Crippen LogP contribution in [-0.2, 0) is 19.3 Å². The van der Waals surface area contributed by atoms with E-state index >= 15 is 0 Å². The number of halogens is 3. The molecule has 29 heavy (non-hydrogen) atoms. The topological polar surface area (TPSA) is 17.4 Å². The Balaban J connectivity index is 1.72. The SMILES string of the molecule is COc1cccc([C@H]2c3cccn3CCCN2Cc2cccc(C(F)(F)F)c2)c1. The maximum Gasteiger partial charge on any atom is 0.416 e. The van der Waals surface area contributed by atoms with Crippen molar-refractivity contribution < 1.29 is 17.9 Å². The molecule has 0 saturated heterocycles. The number of fused-ring (bicyclic) bond motifs is 1. The van der Waals surface area contributed by atoms with Crippen LogP contribution in [0.5, 0.6) is 5.75 Å². The van der Waals surface area contributed by atoms with Crippen molar-refractivity contribution in [2.45, 2.75) is 31.7 Å². The number of aryl methyl sites for hydroxylation is 1. The molecule has 0 radical (unpaired) electrons. The van der Waals surface area contributed by atoms with Crippen LogP contribution in [0.4, 0.5) is 13.2 Å². The minimum absolute atomic E-state index is 0.0582. The van der Waals surface area contributed by atoms with E-state index < -0.39 is 11.7 Å². The van der Waals surface area contributed by atoms with Crippen LogP contribution in [0, 0.1) is 0 Å². The lowest BCUT2D eigenvalue weighted by Crippen LogP contribution is -2.29. The monoisotopic (exact) mass is 400 g/mol. The first-order chi connectivity index (χ1) is 14.0. The number of ether oxygens (including phenoxy) is 1. The van der Waals surface area contributed by atoms with Gasteiger partial charge < -0.3 is 9.30 Å². The van der Waals surface area contributed by atoms with E-state index in [2.05, 4.69) is 27.8 Å². The fraction of sp³-hybridized carbons (Fsp3) is 0.304. The second-order valence-corrected chi connectivity index (χ2v) is 7.33. The number of methoxy groups -OCH3 is 1. The quantitative estimate of drug-likeness (QED) is 0.575. The van der Waals surface area contributed by atoms with Crippen molar-refractivity contribution in [3.63, 3.8) is 0 Å². The average Bonchev–Trinajstić information content (AvgIpc) is 3.09. The first kappa shape index (κ1) is 19.6. The molecule has 0 aliphatic carbocycles. The Hall–Kier alpha value is -2.73. The maximum absolute atomic E-state index is 13.2. The van der Waals surface area contributed by atoms with Crippen LogP contribution in [0.2, 0.25) is 0 Å². The van der Waals surface area contributed by atoms with Crippen molar-refractivity contribution in [1.82, 2.24) is 9.47 Å². The van der Waals surface area contributed by atoms with Gasteiger partial charge in [0.2, 0.25) is 0 Å². The maximum atomic E-state index is 13.2. The van der Waals surface area contributed by atoms with Crippen LogP contribution in [0.1, 0.15) is 34.8 Å². The smallest absolute Gasteiger partial charge is 0.416 e. The third-order valence-corrected chi connectivity index (χ3v) is 5.40. The zero-order valence-corrected chi connectivity index (χ0v) is 16.2. The van der Waals surface area contributed by atoms with Crippen LogP contribution in [0.3, 0.4) is 0 Å². The number of hydrogen-bond donors (Lipinski definition) is 0. The predicted molar refractivity (Wildman–Crippen MR) is 106 cm³/mol. The molecule has 152 valence electrons. The van der Waals surface area contributed by atoms with E-state index in [0.717, 1.165) is 42.6 Å². The number of aromatic nitrogens is 1. The summed E-state index contributed by atoms with van der Waals surface area (Å²) < 4.78 is 47.1. The lowest BCUT2D eigenvalue weighted by molar-refractivity contribution is -0.137. The van der Waals surface area contributed by atoms with E-state index in [1.807, 2.05) is 24.3 Å². The molecule has 0 saturated carbocycles. The van der Waals surface area contributed by atoms with Gasteiger partial charge in [0.1, 0.15) is 5.75 Å². The third kappa shape index (κ3) is 4.17. The normalized spacial score (nSPS) is 17.6. The van der Waals surface area contributed by atoms with Crippen LogP contribution in [0.15, 0.2) is 66.9 Å². The second-order valence-electron chi connectivity index (χ2n) is 7.33. The molecule has 3 nitrogen and oxygen atoms in total. The summed E-state index contributed by atoms with van der Waals surface area (Å²) in [6, 6.07) is 17.6. The Morgan fingerprint density at radius 3 is 2.62 bits per heavy atom. The molecule has 0 fully saturated rings. The van der Waals surface area contributed by atoms with Crippen LogP contribution >= 0.6 is 0 Å². The van der Waals surface area contributed by atoms with Gasteiger partial charge in [-0.3, -0.25) is 4.90 Å². The Morgan fingerprint density at radius 1 is 1.00 bits per heavy atom. The second kappa shape index (κ2) is 7.95. The molecule has 1 aromatic heterocycles. The van der Waals surface area contributed by atoms with E-state index in [-0.39, 0.29) is 6.04 Å². The van der Waals surface area contributed by atoms with E-state index in [1.165, 1.54) is 12.1 Å². The number of nitrogens with zero attached hydrogens (tertiary/aromatic N) is 2. The van der Waals surface area contributed by atoms with Crippen molar-refractivity contribution in [3.05, 3.63) is 89.2 Å². The molecular weight excluding hydrogens is 377 g/mol. The number of rotatable bonds is 4. The molecule has 4 rings (SSSR count). The van der Waals surface area contributed by atoms with Gasteiger partial charge in [0.05, 0.1) is 18.7 Å². The minimum Gasteiger partial charge on any atom is -0.497 e. The summed E-state index contributed by atoms with van der Waals surface area (Å²) in [4.78, 5) is 2.25. The van der Waals surface area contributed by atoms with E-state index in [1.54, 1.807) is 13.2 Å². The first-order valence-electron chi connectivity index (χ1n) is 9.65. The molecule has 3 aromatic rings. The van der Waals surface area contributed by atoms with Crippen molar-refractivity contribution in [2.24, 2.45) is 0 Å². The van der Waals surface area contributed by atoms with E-state index in [4.69, 9.17) is 4.74 Å². The standard InChI is InChI=1S/C23H23F3N2O/c1-29-20-9-3-7-18(15-20)22-21-10-4-11-27(21)12-5-13-28(22)16-17-6-2-8-19(14-17)23(24,25)26/h2-4,6-11,14-15,22H,5,12-13,16H2,1H3/t22-/m0/s1. The van der Waals surface area contributed by atoms with Gasteiger partial charge in [-0.15, -0.1) is 0 Å². The lowest BCUT2D eigenvalue weighted by atomic mass is 10.0. The van der Waals surface area contributed by atoms with Gasteiger partial charge in [-0.1, -0.05) is 30.3 Å².